The van der Waals surface area contributed by atoms with Crippen LogP contribution in [0.4, 0.5) is 0 Å². The summed E-state index contributed by atoms with van der Waals surface area (Å²) < 4.78 is 2.08. The van der Waals surface area contributed by atoms with Gasteiger partial charge in [0.15, 0.2) is 0 Å². The highest BCUT2D eigenvalue weighted by molar-refractivity contribution is 5.07. The molecular weight excluding hydrogens is 212 g/mol. The van der Waals surface area contributed by atoms with Crippen molar-refractivity contribution >= 4 is 0 Å². The highest BCUT2D eigenvalue weighted by Crippen LogP contribution is 2.39. The fraction of sp³-hybridized carbons (Fsp3) is 0.769. The van der Waals surface area contributed by atoms with E-state index in [2.05, 4.69) is 21.9 Å². The maximum Gasteiger partial charge on any atom is 0.0946 e. The molecule has 3 atom stereocenters. The van der Waals surface area contributed by atoms with Crippen molar-refractivity contribution in [3.63, 3.8) is 0 Å². The van der Waals surface area contributed by atoms with E-state index in [0.29, 0.717) is 5.92 Å². The number of nitrogens with two attached hydrogens (primary N) is 1. The molecule has 1 aromatic heterocycles. The lowest BCUT2D eigenvalue weighted by Gasteiger charge is -2.36. The van der Waals surface area contributed by atoms with Crippen molar-refractivity contribution in [3.8, 4) is 0 Å². The van der Waals surface area contributed by atoms with Gasteiger partial charge in [0.2, 0.25) is 0 Å². The Bertz CT molecular complexity index is 347. The molecule has 0 saturated heterocycles. The van der Waals surface area contributed by atoms with Gasteiger partial charge in [-0.15, -0.1) is 0 Å². The van der Waals surface area contributed by atoms with Crippen LogP contribution in [-0.2, 0) is 7.05 Å². The van der Waals surface area contributed by atoms with Gasteiger partial charge in [-0.3, -0.25) is 11.3 Å². The number of rotatable bonds is 4. The smallest absolute Gasteiger partial charge is 0.0946 e. The summed E-state index contributed by atoms with van der Waals surface area (Å²) in [5.74, 6) is 7.23. The lowest BCUT2D eigenvalue weighted by atomic mass is 9.73. The van der Waals surface area contributed by atoms with Gasteiger partial charge in [0.05, 0.1) is 18.1 Å². The highest BCUT2D eigenvalue weighted by atomic mass is 15.3. The molecule has 2 rings (SSSR count). The van der Waals surface area contributed by atoms with Gasteiger partial charge < -0.3 is 4.57 Å². The molecule has 0 amide bonds. The van der Waals surface area contributed by atoms with Crippen molar-refractivity contribution in [2.45, 2.75) is 45.1 Å². The number of nitrogens with one attached hydrogen (secondary N) is 1. The maximum atomic E-state index is 5.79. The van der Waals surface area contributed by atoms with Gasteiger partial charge in [-0.1, -0.05) is 32.6 Å². The second-order valence-electron chi connectivity index (χ2n) is 5.19. The van der Waals surface area contributed by atoms with E-state index in [9.17, 15) is 0 Å². The summed E-state index contributed by atoms with van der Waals surface area (Å²) in [5, 5.41) is 0. The Hall–Kier alpha value is -0.870. The van der Waals surface area contributed by atoms with Gasteiger partial charge >= 0.3 is 0 Å². The number of hydrogen-bond acceptors (Lipinski definition) is 3. The molecule has 1 aromatic rings. The minimum atomic E-state index is 0.243. The average molecular weight is 236 g/mol. The molecule has 17 heavy (non-hydrogen) atoms. The molecule has 3 N–H and O–H groups in total. The third kappa shape index (κ3) is 2.53. The monoisotopic (exact) mass is 236 g/mol. The summed E-state index contributed by atoms with van der Waals surface area (Å²) in [4.78, 5) is 4.20. The topological polar surface area (TPSA) is 55.9 Å². The quantitative estimate of drug-likeness (QED) is 0.622. The van der Waals surface area contributed by atoms with Crippen molar-refractivity contribution in [2.24, 2.45) is 24.7 Å². The zero-order valence-electron chi connectivity index (χ0n) is 10.9. The Morgan fingerprint density at radius 2 is 2.29 bits per heavy atom. The van der Waals surface area contributed by atoms with E-state index >= 15 is 0 Å². The highest BCUT2D eigenvalue weighted by Gasteiger charge is 2.32. The molecule has 1 aliphatic rings. The summed E-state index contributed by atoms with van der Waals surface area (Å²) in [6.07, 6.45) is 10.4. The number of imidazole rings is 1. The minimum Gasteiger partial charge on any atom is -0.336 e. The Morgan fingerprint density at radius 1 is 1.53 bits per heavy atom. The molecule has 3 unspecified atom stereocenters. The van der Waals surface area contributed by atoms with Crippen LogP contribution in [0.5, 0.6) is 0 Å². The second kappa shape index (κ2) is 5.65. The molecule has 1 aliphatic carbocycles. The Labute approximate surface area is 104 Å². The number of aryl methyl sites for hydroxylation is 1. The summed E-state index contributed by atoms with van der Waals surface area (Å²) in [6, 6.07) is 0.243. The van der Waals surface area contributed by atoms with E-state index in [-0.39, 0.29) is 6.04 Å². The van der Waals surface area contributed by atoms with Crippen LogP contribution in [0.3, 0.4) is 0 Å². The first kappa shape index (κ1) is 12.6. The van der Waals surface area contributed by atoms with E-state index in [1.165, 1.54) is 37.8 Å². The van der Waals surface area contributed by atoms with E-state index < -0.39 is 0 Å². The first-order valence-corrected chi connectivity index (χ1v) is 6.70. The fourth-order valence-corrected chi connectivity index (χ4v) is 3.28. The van der Waals surface area contributed by atoms with Crippen molar-refractivity contribution in [3.05, 3.63) is 18.2 Å². The first-order valence-electron chi connectivity index (χ1n) is 6.70. The number of hydrogen-bond donors (Lipinski definition) is 2. The van der Waals surface area contributed by atoms with Crippen LogP contribution < -0.4 is 11.3 Å². The third-order valence-electron chi connectivity index (χ3n) is 4.27. The van der Waals surface area contributed by atoms with E-state index in [1.807, 2.05) is 19.6 Å². The summed E-state index contributed by atoms with van der Waals surface area (Å²) in [5.41, 5.74) is 4.22. The van der Waals surface area contributed by atoms with Crippen LogP contribution in [0.1, 0.15) is 50.8 Å². The number of aromatic nitrogens is 2. The van der Waals surface area contributed by atoms with Crippen molar-refractivity contribution in [1.29, 1.82) is 0 Å². The zero-order chi connectivity index (χ0) is 12.3. The van der Waals surface area contributed by atoms with Crippen LogP contribution in [0.15, 0.2) is 12.5 Å². The van der Waals surface area contributed by atoms with Crippen LogP contribution in [0, 0.1) is 11.8 Å². The molecule has 0 aliphatic heterocycles. The largest absolute Gasteiger partial charge is 0.336 e. The number of hydrazine groups is 1. The van der Waals surface area contributed by atoms with Gasteiger partial charge in [-0.05, 0) is 18.3 Å². The van der Waals surface area contributed by atoms with Crippen molar-refractivity contribution in [2.75, 3.05) is 0 Å². The SMILES string of the molecule is CCC1CCCCC1C(NN)c1cncn1C. The normalized spacial score (nSPS) is 27.0. The van der Waals surface area contributed by atoms with Crippen LogP contribution in [-0.4, -0.2) is 9.55 Å². The van der Waals surface area contributed by atoms with E-state index in [1.54, 1.807) is 0 Å². The minimum absolute atomic E-state index is 0.243. The predicted molar refractivity (Wildman–Crippen MR) is 69.0 cm³/mol. The Morgan fingerprint density at radius 3 is 2.88 bits per heavy atom. The Kier molecular flexibility index (Phi) is 4.18. The van der Waals surface area contributed by atoms with E-state index in [0.717, 1.165) is 5.92 Å². The van der Waals surface area contributed by atoms with Crippen LogP contribution in [0.2, 0.25) is 0 Å². The molecule has 1 heterocycles. The predicted octanol–water partition coefficient (Wildman–Crippen LogP) is 2.14. The summed E-state index contributed by atoms with van der Waals surface area (Å²) in [6.45, 7) is 2.29. The zero-order valence-corrected chi connectivity index (χ0v) is 10.9. The van der Waals surface area contributed by atoms with Crippen LogP contribution >= 0.6 is 0 Å². The number of nitrogens with zero attached hydrogens (tertiary/aromatic N) is 2. The van der Waals surface area contributed by atoms with Gasteiger partial charge in [-0.25, -0.2) is 4.98 Å². The molecule has 0 radical (unpaired) electrons. The maximum absolute atomic E-state index is 5.79. The van der Waals surface area contributed by atoms with Crippen molar-refractivity contribution < 1.29 is 0 Å². The molecule has 1 saturated carbocycles. The molecule has 0 aromatic carbocycles. The average Bonchev–Trinajstić information content (AvgIpc) is 2.78. The first-order chi connectivity index (χ1) is 8.27. The van der Waals surface area contributed by atoms with Gasteiger partial charge in [0.25, 0.3) is 0 Å². The lowest BCUT2D eigenvalue weighted by molar-refractivity contribution is 0.172. The van der Waals surface area contributed by atoms with Crippen LogP contribution in [0.25, 0.3) is 0 Å². The molecule has 4 heteroatoms. The van der Waals surface area contributed by atoms with Gasteiger partial charge in [0, 0.05) is 13.2 Å². The molecule has 1 fully saturated rings. The van der Waals surface area contributed by atoms with Crippen molar-refractivity contribution in [1.82, 2.24) is 15.0 Å². The molecule has 0 bridgehead atoms. The molecule has 0 spiro atoms. The molecule has 96 valence electrons. The molecular formula is C13H24N4. The van der Waals surface area contributed by atoms with Gasteiger partial charge in [0.1, 0.15) is 0 Å². The van der Waals surface area contributed by atoms with Gasteiger partial charge in [-0.2, -0.15) is 0 Å². The fourth-order valence-electron chi connectivity index (χ4n) is 3.28. The van der Waals surface area contributed by atoms with E-state index in [4.69, 9.17) is 5.84 Å². The molecule has 4 nitrogen and oxygen atoms in total. The Balaban J connectivity index is 2.19. The summed E-state index contributed by atoms with van der Waals surface area (Å²) in [7, 11) is 2.04. The second-order valence-corrected chi connectivity index (χ2v) is 5.19. The third-order valence-corrected chi connectivity index (χ3v) is 4.27. The standard InChI is InChI=1S/C13H24N4/c1-3-10-6-4-5-7-11(10)13(16-14)12-8-15-9-17(12)2/h8-11,13,16H,3-7,14H2,1-2H3. The summed E-state index contributed by atoms with van der Waals surface area (Å²) >= 11 is 0. The lowest BCUT2D eigenvalue weighted by Crippen LogP contribution is -2.39.